The van der Waals surface area contributed by atoms with E-state index in [1.165, 1.54) is 12.4 Å². The third-order valence-electron chi connectivity index (χ3n) is 9.08. The minimum atomic E-state index is -4.42. The number of rotatable bonds is 3. The number of ether oxygens (including phenoxy) is 1. The molecule has 2 aromatic rings. The van der Waals surface area contributed by atoms with Gasteiger partial charge in [-0.1, -0.05) is 12.1 Å². The van der Waals surface area contributed by atoms with Crippen LogP contribution in [0.3, 0.4) is 0 Å². The van der Waals surface area contributed by atoms with Gasteiger partial charge in [0.15, 0.2) is 0 Å². The zero-order valence-electron chi connectivity index (χ0n) is 24.3. The number of anilines is 1. The maximum Gasteiger partial charge on any atom is 0.416 e. The van der Waals surface area contributed by atoms with Crippen LogP contribution < -0.4 is 10.1 Å². The molecule has 2 aromatic carbocycles. The Bertz CT molecular complexity index is 1480. The Labute approximate surface area is 248 Å². The fourth-order valence-electron chi connectivity index (χ4n) is 6.67. The number of nitrogens with zero attached hydrogens (tertiary/aromatic N) is 5. The average molecular weight is 597 g/mol. The summed E-state index contributed by atoms with van der Waals surface area (Å²) in [6.45, 7) is 4.07. The molecule has 12 heteroatoms. The van der Waals surface area contributed by atoms with Gasteiger partial charge in [-0.2, -0.15) is 13.2 Å². The monoisotopic (exact) mass is 596 g/mol. The van der Waals surface area contributed by atoms with E-state index in [9.17, 15) is 22.8 Å². The first-order valence-corrected chi connectivity index (χ1v) is 14.6. The predicted molar refractivity (Wildman–Crippen MR) is 157 cm³/mol. The van der Waals surface area contributed by atoms with Gasteiger partial charge in [0.2, 0.25) is 0 Å². The molecule has 4 aliphatic rings. The highest BCUT2D eigenvalue weighted by Crippen LogP contribution is 2.36. The summed E-state index contributed by atoms with van der Waals surface area (Å²) in [7, 11) is 1.63. The van der Waals surface area contributed by atoms with Crippen LogP contribution in [0.4, 0.5) is 23.7 Å². The van der Waals surface area contributed by atoms with Crippen LogP contribution >= 0.6 is 0 Å². The summed E-state index contributed by atoms with van der Waals surface area (Å²) in [4.78, 5) is 41.5. The number of fused-ring (bicyclic) bond motifs is 2. The fourth-order valence-corrected chi connectivity index (χ4v) is 6.67. The minimum Gasteiger partial charge on any atom is -0.497 e. The van der Waals surface area contributed by atoms with Gasteiger partial charge in [-0.05, 0) is 73.6 Å². The first-order valence-electron chi connectivity index (χ1n) is 14.6. The highest BCUT2D eigenvalue weighted by molar-refractivity contribution is 5.99. The maximum atomic E-state index is 13.7. The Kier molecular flexibility index (Phi) is 7.55. The van der Waals surface area contributed by atoms with Gasteiger partial charge < -0.3 is 24.8 Å². The molecule has 1 unspecified atom stereocenters. The lowest BCUT2D eigenvalue weighted by atomic mass is 9.90. The highest BCUT2D eigenvalue weighted by atomic mass is 19.4. The van der Waals surface area contributed by atoms with Crippen LogP contribution in [-0.4, -0.2) is 83.7 Å². The molecule has 43 heavy (non-hydrogen) atoms. The second kappa shape index (κ2) is 11.2. The summed E-state index contributed by atoms with van der Waals surface area (Å²) in [5, 5.41) is 3.05. The van der Waals surface area contributed by atoms with Crippen LogP contribution in [0, 0.1) is 0 Å². The standard InChI is InChI=1S/C31H35F3N6O3/c1-30(28(41)39-14-11-24-21(18-39)4-3-5-25(24)31(32,33)34)17-27(35-19-36-30)38-12-9-22(10-13-38)40-15-8-20-16-23(43-2)6-7-26(20)37-29(40)42/h3-7,16,19,22H,8-15,17-18H2,1-2H3,(H,37,42). The average Bonchev–Trinajstić information content (AvgIpc) is 3.17. The SMILES string of the molecule is COc1ccc2c(c1)CCN(C1CCN(C3=NC=NC(C)(C(=O)N4CCc5c(cccc5C(F)(F)F)C4)C3)CC1)C(=O)N2. The molecule has 4 heterocycles. The van der Waals surface area contributed by atoms with Crippen molar-refractivity contribution in [1.29, 1.82) is 0 Å². The number of nitrogens with one attached hydrogen (secondary N) is 1. The Morgan fingerprint density at radius 2 is 1.86 bits per heavy atom. The lowest BCUT2D eigenvalue weighted by molar-refractivity contribution is -0.139. The first kappa shape index (κ1) is 29.0. The molecule has 0 aromatic heterocycles. The maximum absolute atomic E-state index is 13.7. The quantitative estimate of drug-likeness (QED) is 0.555. The Morgan fingerprint density at radius 1 is 1.07 bits per heavy atom. The van der Waals surface area contributed by atoms with E-state index in [4.69, 9.17) is 4.74 Å². The number of benzene rings is 2. The molecule has 0 saturated carbocycles. The summed E-state index contributed by atoms with van der Waals surface area (Å²) >= 11 is 0. The molecular formula is C31H35F3N6O3. The third kappa shape index (κ3) is 5.66. The second-order valence-electron chi connectivity index (χ2n) is 11.8. The number of carbonyl (C=O) groups is 2. The van der Waals surface area contributed by atoms with Crippen LogP contribution in [0.1, 0.15) is 48.4 Å². The summed E-state index contributed by atoms with van der Waals surface area (Å²) < 4.78 is 45.9. The number of halogens is 3. The zero-order valence-corrected chi connectivity index (χ0v) is 24.3. The van der Waals surface area contributed by atoms with E-state index >= 15 is 0 Å². The van der Waals surface area contributed by atoms with E-state index in [0.717, 1.165) is 48.2 Å². The normalized spacial score (nSPS) is 22.8. The molecule has 0 aliphatic carbocycles. The van der Waals surface area contributed by atoms with Crippen LogP contribution in [0.25, 0.3) is 0 Å². The van der Waals surface area contributed by atoms with Gasteiger partial charge in [-0.15, -0.1) is 0 Å². The molecule has 4 aliphatic heterocycles. The van der Waals surface area contributed by atoms with E-state index in [2.05, 4.69) is 20.2 Å². The van der Waals surface area contributed by atoms with Crippen LogP contribution in [-0.2, 0) is 30.4 Å². The van der Waals surface area contributed by atoms with Crippen molar-refractivity contribution in [2.24, 2.45) is 9.98 Å². The molecule has 1 atom stereocenters. The summed E-state index contributed by atoms with van der Waals surface area (Å²) in [5.41, 5.74) is 0.926. The van der Waals surface area contributed by atoms with Gasteiger partial charge in [0.05, 0.1) is 12.7 Å². The molecule has 3 amide bonds. The molecule has 9 nitrogen and oxygen atoms in total. The van der Waals surface area contributed by atoms with Gasteiger partial charge >= 0.3 is 12.2 Å². The minimum absolute atomic E-state index is 0.0772. The Morgan fingerprint density at radius 3 is 2.60 bits per heavy atom. The lowest BCUT2D eigenvalue weighted by Crippen LogP contribution is -2.54. The van der Waals surface area contributed by atoms with Gasteiger partial charge in [0, 0.05) is 50.9 Å². The molecule has 0 spiro atoms. The summed E-state index contributed by atoms with van der Waals surface area (Å²) in [5.74, 6) is 1.31. The Balaban J connectivity index is 1.07. The largest absolute Gasteiger partial charge is 0.497 e. The lowest BCUT2D eigenvalue weighted by Gasteiger charge is -2.41. The van der Waals surface area contributed by atoms with E-state index in [0.29, 0.717) is 31.6 Å². The number of aliphatic imine (C=N–C) groups is 2. The summed E-state index contributed by atoms with van der Waals surface area (Å²) in [6, 6.07) is 9.82. The van der Waals surface area contributed by atoms with Crippen molar-refractivity contribution in [1.82, 2.24) is 14.7 Å². The van der Waals surface area contributed by atoms with Gasteiger partial charge in [-0.3, -0.25) is 9.79 Å². The molecule has 1 saturated heterocycles. The molecule has 228 valence electrons. The van der Waals surface area contributed by atoms with Crippen molar-refractivity contribution >= 4 is 29.8 Å². The molecule has 6 rings (SSSR count). The van der Waals surface area contributed by atoms with Gasteiger partial charge in [0.1, 0.15) is 23.5 Å². The van der Waals surface area contributed by atoms with Crippen molar-refractivity contribution in [2.45, 2.75) is 63.3 Å². The van der Waals surface area contributed by atoms with Crippen LogP contribution in [0.5, 0.6) is 5.75 Å². The third-order valence-corrected chi connectivity index (χ3v) is 9.08. The molecule has 1 N–H and O–H groups in total. The topological polar surface area (TPSA) is 89.8 Å². The van der Waals surface area contributed by atoms with E-state index in [1.807, 2.05) is 23.1 Å². The van der Waals surface area contributed by atoms with Crippen LogP contribution in [0.15, 0.2) is 46.4 Å². The molecule has 0 bridgehead atoms. The number of methoxy groups -OCH3 is 1. The van der Waals surface area contributed by atoms with Gasteiger partial charge in [-0.25, -0.2) is 9.79 Å². The van der Waals surface area contributed by atoms with E-state index in [1.54, 1.807) is 25.0 Å². The van der Waals surface area contributed by atoms with E-state index in [-0.39, 0.29) is 43.1 Å². The van der Waals surface area contributed by atoms with Crippen molar-refractivity contribution in [3.63, 3.8) is 0 Å². The molecule has 0 radical (unpaired) electrons. The second-order valence-corrected chi connectivity index (χ2v) is 11.8. The number of hydrogen-bond acceptors (Lipinski definition) is 6. The number of amidine groups is 1. The van der Waals surface area contributed by atoms with Crippen molar-refractivity contribution < 1.29 is 27.5 Å². The van der Waals surface area contributed by atoms with Gasteiger partial charge in [0.25, 0.3) is 5.91 Å². The molecular weight excluding hydrogens is 561 g/mol. The zero-order chi connectivity index (χ0) is 30.4. The number of alkyl halides is 3. The van der Waals surface area contributed by atoms with Crippen molar-refractivity contribution in [3.8, 4) is 5.75 Å². The number of amides is 3. The smallest absolute Gasteiger partial charge is 0.416 e. The Hall–Kier alpha value is -4.09. The summed E-state index contributed by atoms with van der Waals surface area (Å²) in [6.07, 6.45) is -0.291. The highest BCUT2D eigenvalue weighted by Gasteiger charge is 2.43. The fraction of sp³-hybridized carbons (Fsp3) is 0.484. The van der Waals surface area contributed by atoms with Crippen LogP contribution in [0.2, 0.25) is 0 Å². The number of hydrogen-bond donors (Lipinski definition) is 1. The first-order chi connectivity index (χ1) is 20.6. The van der Waals surface area contributed by atoms with Crippen molar-refractivity contribution in [3.05, 3.63) is 58.7 Å². The predicted octanol–water partition coefficient (Wildman–Crippen LogP) is 4.74. The van der Waals surface area contributed by atoms with Crippen molar-refractivity contribution in [2.75, 3.05) is 38.6 Å². The number of carbonyl (C=O) groups excluding carboxylic acids is 2. The molecule has 1 fully saturated rings. The number of likely N-dealkylation sites (tertiary alicyclic amines) is 1. The number of urea groups is 1. The van der Waals surface area contributed by atoms with E-state index < -0.39 is 17.3 Å². The number of piperidine rings is 1.